The summed E-state index contributed by atoms with van der Waals surface area (Å²) in [4.78, 5) is 0. The summed E-state index contributed by atoms with van der Waals surface area (Å²) in [5, 5.41) is 4.34. The average molecular weight is 321 g/mol. The molecule has 6 nitrogen and oxygen atoms in total. The van der Waals surface area contributed by atoms with Gasteiger partial charge in [0.15, 0.2) is 5.03 Å². The highest BCUT2D eigenvalue weighted by atomic mass is 35.5. The fourth-order valence-corrected chi connectivity index (χ4v) is 5.07. The van der Waals surface area contributed by atoms with E-state index in [0.717, 1.165) is 12.8 Å². The Morgan fingerprint density at radius 2 is 2.15 bits per heavy atom. The lowest BCUT2D eigenvalue weighted by Gasteiger charge is -2.18. The molecule has 0 radical (unpaired) electrons. The van der Waals surface area contributed by atoms with E-state index in [1.54, 1.807) is 16.6 Å². The van der Waals surface area contributed by atoms with Crippen molar-refractivity contribution in [2.24, 2.45) is 17.6 Å². The average Bonchev–Trinajstić information content (AvgIpc) is 3.06. The summed E-state index contributed by atoms with van der Waals surface area (Å²) in [6.45, 7) is 3.61. The zero-order chi connectivity index (χ0) is 13.6. The lowest BCUT2D eigenvalue weighted by Crippen LogP contribution is -2.34. The number of hydrogen-bond donors (Lipinski definition) is 1. The maximum Gasteiger partial charge on any atom is 0.260 e. The molecule has 1 aromatic rings. The first kappa shape index (κ1) is 15.8. The van der Waals surface area contributed by atoms with Crippen LogP contribution in [0.5, 0.6) is 0 Å². The maximum absolute atomic E-state index is 12.6. The van der Waals surface area contributed by atoms with Gasteiger partial charge in [0.1, 0.15) is 0 Å². The van der Waals surface area contributed by atoms with Gasteiger partial charge in [-0.3, -0.25) is 4.68 Å². The molecule has 3 rings (SSSR count). The van der Waals surface area contributed by atoms with Crippen molar-refractivity contribution < 1.29 is 8.42 Å². The Morgan fingerprint density at radius 3 is 2.80 bits per heavy atom. The minimum Gasteiger partial charge on any atom is -0.327 e. The van der Waals surface area contributed by atoms with Gasteiger partial charge in [0.05, 0.1) is 6.20 Å². The predicted molar refractivity (Wildman–Crippen MR) is 78.1 cm³/mol. The van der Waals surface area contributed by atoms with Gasteiger partial charge in [-0.2, -0.15) is 9.40 Å². The molecule has 2 fully saturated rings. The van der Waals surface area contributed by atoms with E-state index in [4.69, 9.17) is 5.73 Å². The summed E-state index contributed by atoms with van der Waals surface area (Å²) in [6, 6.07) is 1.73. The van der Waals surface area contributed by atoms with E-state index in [1.807, 2.05) is 6.92 Å². The molecule has 114 valence electrons. The van der Waals surface area contributed by atoms with E-state index in [2.05, 4.69) is 5.10 Å². The van der Waals surface area contributed by atoms with Crippen molar-refractivity contribution in [3.63, 3.8) is 0 Å². The Bertz CT molecular complexity index is 574. The third-order valence-corrected chi connectivity index (χ3v) is 6.31. The Morgan fingerprint density at radius 1 is 1.40 bits per heavy atom. The molecule has 1 saturated heterocycles. The lowest BCUT2D eigenvalue weighted by molar-refractivity contribution is 0.420. The van der Waals surface area contributed by atoms with Crippen LogP contribution in [0.25, 0.3) is 0 Å². The molecule has 0 aromatic carbocycles. The van der Waals surface area contributed by atoms with Crippen molar-refractivity contribution in [1.82, 2.24) is 14.1 Å². The van der Waals surface area contributed by atoms with Crippen LogP contribution in [0.2, 0.25) is 0 Å². The van der Waals surface area contributed by atoms with E-state index >= 15 is 0 Å². The van der Waals surface area contributed by atoms with Gasteiger partial charge in [0.25, 0.3) is 10.0 Å². The van der Waals surface area contributed by atoms with Crippen molar-refractivity contribution in [1.29, 1.82) is 0 Å². The largest absolute Gasteiger partial charge is 0.327 e. The van der Waals surface area contributed by atoms with Crippen LogP contribution < -0.4 is 5.73 Å². The molecule has 8 heteroatoms. The standard InChI is InChI=1S/C12H20N4O2S.ClH/c1-2-16-12(5-6-14-16)19(17,18)15-7-9-3-4-11(13)10(9)8-15;/h5-6,9-11H,2-4,7-8,13H2,1H3;1H. The van der Waals surface area contributed by atoms with Gasteiger partial charge in [0.2, 0.25) is 0 Å². The molecule has 20 heavy (non-hydrogen) atoms. The summed E-state index contributed by atoms with van der Waals surface area (Å²) in [5.41, 5.74) is 6.06. The fourth-order valence-electron chi connectivity index (χ4n) is 3.37. The van der Waals surface area contributed by atoms with Crippen LogP contribution in [-0.2, 0) is 16.6 Å². The van der Waals surface area contributed by atoms with Crippen molar-refractivity contribution >= 4 is 22.4 Å². The fraction of sp³-hybridized carbons (Fsp3) is 0.750. The van der Waals surface area contributed by atoms with Crippen LogP contribution in [0.1, 0.15) is 19.8 Å². The zero-order valence-corrected chi connectivity index (χ0v) is 13.1. The second-order valence-electron chi connectivity index (χ2n) is 5.47. The van der Waals surface area contributed by atoms with Gasteiger partial charge in [-0.15, -0.1) is 12.4 Å². The highest BCUT2D eigenvalue weighted by Gasteiger charge is 2.45. The van der Waals surface area contributed by atoms with Crippen LogP contribution in [0, 0.1) is 11.8 Å². The first-order valence-corrected chi connectivity index (χ1v) is 8.25. The topological polar surface area (TPSA) is 81.2 Å². The van der Waals surface area contributed by atoms with Crippen LogP contribution in [0.4, 0.5) is 0 Å². The number of hydrogen-bond acceptors (Lipinski definition) is 4. The summed E-state index contributed by atoms with van der Waals surface area (Å²) in [5.74, 6) is 0.760. The third-order valence-electron chi connectivity index (χ3n) is 4.46. The molecule has 1 aliphatic heterocycles. The Balaban J connectivity index is 0.00000147. The van der Waals surface area contributed by atoms with Crippen LogP contribution in [0.3, 0.4) is 0 Å². The van der Waals surface area contributed by atoms with E-state index < -0.39 is 10.0 Å². The molecule has 2 N–H and O–H groups in total. The number of sulfonamides is 1. The van der Waals surface area contributed by atoms with Gasteiger partial charge >= 0.3 is 0 Å². The van der Waals surface area contributed by atoms with E-state index in [0.29, 0.717) is 36.5 Å². The lowest BCUT2D eigenvalue weighted by atomic mass is 9.98. The van der Waals surface area contributed by atoms with E-state index in [-0.39, 0.29) is 18.4 Å². The molecular formula is C12H21ClN4O2S. The third kappa shape index (κ3) is 2.36. The first-order chi connectivity index (χ1) is 9.04. The number of nitrogens with two attached hydrogens (primary N) is 1. The smallest absolute Gasteiger partial charge is 0.260 e. The van der Waals surface area contributed by atoms with Crippen molar-refractivity contribution in [2.75, 3.05) is 13.1 Å². The molecular weight excluding hydrogens is 300 g/mol. The van der Waals surface area contributed by atoms with Crippen molar-refractivity contribution in [2.45, 2.75) is 37.4 Å². The van der Waals surface area contributed by atoms with Crippen molar-refractivity contribution in [3.05, 3.63) is 12.3 Å². The van der Waals surface area contributed by atoms with Crippen LogP contribution in [-0.4, -0.2) is 41.6 Å². The molecule has 1 aliphatic carbocycles. The Hall–Kier alpha value is -0.630. The normalized spacial score (nSPS) is 30.2. The monoisotopic (exact) mass is 320 g/mol. The summed E-state index contributed by atoms with van der Waals surface area (Å²) in [6.07, 6.45) is 3.61. The molecule has 1 saturated carbocycles. The Labute approximate surface area is 125 Å². The Kier molecular flexibility index (Phi) is 4.44. The number of nitrogens with zero attached hydrogens (tertiary/aromatic N) is 3. The molecule has 0 bridgehead atoms. The van der Waals surface area contributed by atoms with E-state index in [1.165, 1.54) is 4.68 Å². The van der Waals surface area contributed by atoms with Gasteiger partial charge in [-0.1, -0.05) is 0 Å². The predicted octanol–water partition coefficient (Wildman–Crippen LogP) is 0.683. The van der Waals surface area contributed by atoms with E-state index in [9.17, 15) is 8.42 Å². The van der Waals surface area contributed by atoms with Gasteiger partial charge in [0, 0.05) is 25.7 Å². The number of rotatable bonds is 3. The highest BCUT2D eigenvalue weighted by Crippen LogP contribution is 2.39. The number of fused-ring (bicyclic) bond motifs is 1. The summed E-state index contributed by atoms with van der Waals surface area (Å²) < 4.78 is 28.4. The minimum atomic E-state index is -3.43. The van der Waals surface area contributed by atoms with Gasteiger partial charge in [-0.05, 0) is 37.7 Å². The molecule has 0 spiro atoms. The minimum absolute atomic E-state index is 0. The molecule has 1 aromatic heterocycles. The summed E-state index contributed by atoms with van der Waals surface area (Å²) in [7, 11) is -3.43. The molecule has 2 heterocycles. The zero-order valence-electron chi connectivity index (χ0n) is 11.5. The number of aryl methyl sites for hydroxylation is 1. The SMILES string of the molecule is CCn1nccc1S(=O)(=O)N1CC2CCC(N)C2C1.Cl. The maximum atomic E-state index is 12.6. The summed E-state index contributed by atoms with van der Waals surface area (Å²) >= 11 is 0. The second-order valence-corrected chi connectivity index (χ2v) is 7.36. The highest BCUT2D eigenvalue weighted by molar-refractivity contribution is 7.89. The molecule has 0 amide bonds. The molecule has 2 aliphatic rings. The number of halogens is 1. The number of aromatic nitrogens is 2. The van der Waals surface area contributed by atoms with Gasteiger partial charge in [-0.25, -0.2) is 8.42 Å². The van der Waals surface area contributed by atoms with Gasteiger partial charge < -0.3 is 5.73 Å². The second kappa shape index (κ2) is 5.63. The quantitative estimate of drug-likeness (QED) is 0.888. The van der Waals surface area contributed by atoms with Crippen molar-refractivity contribution in [3.8, 4) is 0 Å². The van der Waals surface area contributed by atoms with Crippen LogP contribution in [0.15, 0.2) is 17.3 Å². The van der Waals surface area contributed by atoms with Crippen LogP contribution >= 0.6 is 12.4 Å². The molecule has 3 unspecified atom stereocenters. The first-order valence-electron chi connectivity index (χ1n) is 6.81. The molecule has 3 atom stereocenters.